The lowest BCUT2D eigenvalue weighted by molar-refractivity contribution is -0.141. The van der Waals surface area contributed by atoms with Crippen molar-refractivity contribution < 1.29 is 14.4 Å². The van der Waals surface area contributed by atoms with Gasteiger partial charge in [-0.15, -0.1) is 0 Å². The Labute approximate surface area is 231 Å². The monoisotopic (exact) mass is 525 g/mol. The number of carbonyl (C=O) groups is 3. The minimum Gasteiger partial charge on any atom is -0.352 e. The SMILES string of the molecule is CCC(C(=O)NC1CCCCC1)N(Cc1ccc(C)cc1)C(=O)CCCN1C(=O)c2cccc3cccc1c23. The molecule has 1 unspecified atom stereocenters. The number of aryl methyl sites for hydroxylation is 1. The summed E-state index contributed by atoms with van der Waals surface area (Å²) in [5.41, 5.74) is 3.80. The van der Waals surface area contributed by atoms with Crippen LogP contribution in [0.4, 0.5) is 5.69 Å². The molecule has 1 aliphatic carbocycles. The molecule has 1 N–H and O–H groups in total. The van der Waals surface area contributed by atoms with Crippen LogP contribution >= 0.6 is 0 Å². The molecule has 3 aromatic rings. The van der Waals surface area contributed by atoms with Gasteiger partial charge in [0.05, 0.1) is 5.69 Å². The van der Waals surface area contributed by atoms with Crippen LogP contribution in [0.2, 0.25) is 0 Å². The Bertz CT molecular complexity index is 1340. The lowest BCUT2D eigenvalue weighted by atomic mass is 9.95. The van der Waals surface area contributed by atoms with Gasteiger partial charge in [0.25, 0.3) is 5.91 Å². The molecule has 2 aliphatic rings. The highest BCUT2D eigenvalue weighted by molar-refractivity contribution is 6.25. The van der Waals surface area contributed by atoms with E-state index in [-0.39, 0.29) is 30.2 Å². The Morgan fingerprint density at radius 2 is 1.72 bits per heavy atom. The van der Waals surface area contributed by atoms with Crippen LogP contribution in [0.15, 0.2) is 60.7 Å². The number of nitrogens with one attached hydrogen (secondary N) is 1. The molecule has 1 heterocycles. The topological polar surface area (TPSA) is 69.7 Å². The number of carbonyl (C=O) groups excluding carboxylic acids is 3. The molecule has 1 saturated carbocycles. The predicted octanol–water partition coefficient (Wildman–Crippen LogP) is 6.14. The Balaban J connectivity index is 1.29. The molecule has 0 spiro atoms. The lowest BCUT2D eigenvalue weighted by Crippen LogP contribution is -2.51. The Morgan fingerprint density at radius 3 is 2.44 bits per heavy atom. The van der Waals surface area contributed by atoms with Gasteiger partial charge in [0.2, 0.25) is 11.8 Å². The fraction of sp³-hybridized carbons (Fsp3) is 0.424. The molecule has 1 fully saturated rings. The quantitative estimate of drug-likeness (QED) is 0.345. The smallest absolute Gasteiger partial charge is 0.258 e. The maximum atomic E-state index is 13.7. The maximum absolute atomic E-state index is 13.7. The molecule has 6 heteroatoms. The van der Waals surface area contributed by atoms with E-state index in [0.29, 0.717) is 25.9 Å². The van der Waals surface area contributed by atoms with Gasteiger partial charge in [0.15, 0.2) is 0 Å². The number of nitrogens with zero attached hydrogens (tertiary/aromatic N) is 2. The second-order valence-corrected chi connectivity index (χ2v) is 11.0. The molecule has 6 nitrogen and oxygen atoms in total. The third-order valence-electron chi connectivity index (χ3n) is 8.23. The molecule has 0 bridgehead atoms. The number of amides is 3. The first-order chi connectivity index (χ1) is 19.0. The third kappa shape index (κ3) is 5.85. The van der Waals surface area contributed by atoms with Crippen LogP contribution in [0.5, 0.6) is 0 Å². The first kappa shape index (κ1) is 26.9. The first-order valence-electron chi connectivity index (χ1n) is 14.4. The minimum absolute atomic E-state index is 0.0101. The van der Waals surface area contributed by atoms with Gasteiger partial charge in [0, 0.05) is 36.5 Å². The zero-order valence-electron chi connectivity index (χ0n) is 23.1. The largest absolute Gasteiger partial charge is 0.352 e. The normalized spacial score (nSPS) is 15.9. The number of benzene rings is 3. The van der Waals surface area contributed by atoms with E-state index in [1.54, 1.807) is 9.80 Å². The van der Waals surface area contributed by atoms with Crippen molar-refractivity contribution in [3.8, 4) is 0 Å². The average molecular weight is 526 g/mol. The second-order valence-electron chi connectivity index (χ2n) is 11.0. The average Bonchev–Trinajstić information content (AvgIpc) is 3.22. The number of rotatable bonds is 10. The first-order valence-corrected chi connectivity index (χ1v) is 14.4. The number of hydrogen-bond acceptors (Lipinski definition) is 3. The van der Waals surface area contributed by atoms with Crippen molar-refractivity contribution in [2.24, 2.45) is 0 Å². The summed E-state index contributed by atoms with van der Waals surface area (Å²) in [7, 11) is 0. The van der Waals surface area contributed by atoms with E-state index in [0.717, 1.165) is 58.8 Å². The number of hydrogen-bond donors (Lipinski definition) is 1. The third-order valence-corrected chi connectivity index (χ3v) is 8.23. The molecule has 5 rings (SSSR count). The summed E-state index contributed by atoms with van der Waals surface area (Å²) in [6, 6.07) is 19.6. The molecular formula is C33H39N3O3. The summed E-state index contributed by atoms with van der Waals surface area (Å²) in [4.78, 5) is 43.9. The summed E-state index contributed by atoms with van der Waals surface area (Å²) in [6.45, 7) is 4.86. The lowest BCUT2D eigenvalue weighted by Gasteiger charge is -2.33. The summed E-state index contributed by atoms with van der Waals surface area (Å²) in [6.07, 6.45) is 6.87. The van der Waals surface area contributed by atoms with E-state index < -0.39 is 6.04 Å². The molecule has 3 aromatic carbocycles. The molecule has 1 atom stereocenters. The van der Waals surface area contributed by atoms with Gasteiger partial charge in [0.1, 0.15) is 6.04 Å². The highest BCUT2D eigenvalue weighted by Crippen LogP contribution is 2.37. The van der Waals surface area contributed by atoms with Gasteiger partial charge in [-0.1, -0.05) is 80.3 Å². The van der Waals surface area contributed by atoms with E-state index in [4.69, 9.17) is 0 Å². The highest BCUT2D eigenvalue weighted by Gasteiger charge is 2.32. The summed E-state index contributed by atoms with van der Waals surface area (Å²) < 4.78 is 0. The van der Waals surface area contributed by atoms with Crippen molar-refractivity contribution in [3.05, 3.63) is 77.4 Å². The predicted molar refractivity (Wildman–Crippen MR) is 156 cm³/mol. The minimum atomic E-state index is -0.521. The summed E-state index contributed by atoms with van der Waals surface area (Å²) >= 11 is 0. The molecular weight excluding hydrogens is 486 g/mol. The second kappa shape index (κ2) is 12.0. The van der Waals surface area contributed by atoms with Crippen molar-refractivity contribution in [1.82, 2.24) is 10.2 Å². The van der Waals surface area contributed by atoms with Crippen molar-refractivity contribution in [3.63, 3.8) is 0 Å². The van der Waals surface area contributed by atoms with E-state index in [9.17, 15) is 14.4 Å². The van der Waals surface area contributed by atoms with Gasteiger partial charge in [-0.05, 0) is 55.7 Å². The Kier molecular flexibility index (Phi) is 8.30. The standard InChI is InChI=1S/C33H39N3O3/c1-3-28(32(38)34-26-12-5-4-6-13-26)36(22-24-19-17-23(2)18-20-24)30(37)16-9-21-35-29-15-8-11-25-10-7-14-27(31(25)29)33(35)39/h7-8,10-11,14-15,17-20,26,28H,3-6,9,12-13,16,21-22H2,1-2H3,(H,34,38). The van der Waals surface area contributed by atoms with Crippen LogP contribution in [0.3, 0.4) is 0 Å². The Morgan fingerprint density at radius 1 is 1.00 bits per heavy atom. The molecule has 3 amide bonds. The van der Waals surface area contributed by atoms with Gasteiger partial charge in [-0.2, -0.15) is 0 Å². The zero-order valence-corrected chi connectivity index (χ0v) is 23.1. The van der Waals surface area contributed by atoms with Crippen molar-refractivity contribution in [2.45, 2.75) is 83.8 Å². The van der Waals surface area contributed by atoms with Gasteiger partial charge < -0.3 is 15.1 Å². The van der Waals surface area contributed by atoms with Crippen LogP contribution in [-0.4, -0.2) is 41.2 Å². The fourth-order valence-corrected chi connectivity index (χ4v) is 6.09. The molecule has 1 aliphatic heterocycles. The van der Waals surface area contributed by atoms with Crippen molar-refractivity contribution in [1.29, 1.82) is 0 Å². The molecule has 204 valence electrons. The maximum Gasteiger partial charge on any atom is 0.258 e. The van der Waals surface area contributed by atoms with Crippen molar-refractivity contribution >= 4 is 34.2 Å². The molecule has 0 radical (unpaired) electrons. The molecule has 0 aromatic heterocycles. The van der Waals surface area contributed by atoms with E-state index in [1.807, 2.05) is 74.5 Å². The summed E-state index contributed by atoms with van der Waals surface area (Å²) in [5.74, 6) is -0.116. The van der Waals surface area contributed by atoms with E-state index >= 15 is 0 Å². The van der Waals surface area contributed by atoms with Crippen LogP contribution in [-0.2, 0) is 16.1 Å². The molecule has 0 saturated heterocycles. The van der Waals surface area contributed by atoms with Crippen LogP contribution in [0, 0.1) is 6.92 Å². The zero-order chi connectivity index (χ0) is 27.4. The van der Waals surface area contributed by atoms with Crippen LogP contribution in [0.25, 0.3) is 10.8 Å². The number of anilines is 1. The van der Waals surface area contributed by atoms with Crippen LogP contribution in [0.1, 0.15) is 79.8 Å². The van der Waals surface area contributed by atoms with Gasteiger partial charge in [-0.25, -0.2) is 0 Å². The van der Waals surface area contributed by atoms with Gasteiger partial charge >= 0.3 is 0 Å². The molecule has 39 heavy (non-hydrogen) atoms. The Hall–Kier alpha value is -3.67. The van der Waals surface area contributed by atoms with E-state index in [1.165, 1.54) is 6.42 Å². The van der Waals surface area contributed by atoms with Gasteiger partial charge in [-0.3, -0.25) is 14.4 Å². The fourth-order valence-electron chi connectivity index (χ4n) is 6.09. The van der Waals surface area contributed by atoms with Crippen molar-refractivity contribution in [2.75, 3.05) is 11.4 Å². The van der Waals surface area contributed by atoms with E-state index in [2.05, 4.69) is 5.32 Å². The summed E-state index contributed by atoms with van der Waals surface area (Å²) in [5, 5.41) is 5.28. The highest BCUT2D eigenvalue weighted by atomic mass is 16.2. The van der Waals surface area contributed by atoms with Crippen LogP contribution < -0.4 is 10.2 Å².